The number of anilines is 1. The van der Waals surface area contributed by atoms with Crippen LogP contribution < -0.4 is 11.1 Å². The number of hydrogen-bond acceptors (Lipinski definition) is 4. The molecule has 108 valence electrons. The van der Waals surface area contributed by atoms with Gasteiger partial charge in [-0.15, -0.1) is 0 Å². The molecule has 1 aliphatic heterocycles. The molecule has 0 radical (unpaired) electrons. The maximum absolute atomic E-state index is 12.4. The molecular weight excluding hydrogens is 260 g/mol. The Morgan fingerprint density at radius 1 is 1.50 bits per heavy atom. The van der Waals surface area contributed by atoms with Crippen molar-refractivity contribution < 1.29 is 19.4 Å². The fourth-order valence-corrected chi connectivity index (χ4v) is 2.24. The maximum atomic E-state index is 12.4. The molecular formula is C14H18N2O4. The van der Waals surface area contributed by atoms with Crippen molar-refractivity contribution in [1.29, 1.82) is 0 Å². The number of carboxylic acid groups (broad SMARTS) is 1. The van der Waals surface area contributed by atoms with Crippen LogP contribution >= 0.6 is 0 Å². The van der Waals surface area contributed by atoms with E-state index in [-0.39, 0.29) is 23.8 Å². The predicted octanol–water partition coefficient (Wildman–Crippen LogP) is 0.996. The fourth-order valence-electron chi connectivity index (χ4n) is 2.24. The summed E-state index contributed by atoms with van der Waals surface area (Å²) >= 11 is 0. The van der Waals surface area contributed by atoms with E-state index in [9.17, 15) is 14.7 Å². The molecule has 1 aromatic carbocycles. The molecule has 1 aromatic rings. The van der Waals surface area contributed by atoms with Gasteiger partial charge in [-0.1, -0.05) is 12.1 Å². The number of benzene rings is 1. The Balaban J connectivity index is 2.29. The van der Waals surface area contributed by atoms with Gasteiger partial charge in [-0.05, 0) is 25.5 Å². The highest BCUT2D eigenvalue weighted by Gasteiger charge is 2.44. The number of aryl methyl sites for hydroxylation is 1. The van der Waals surface area contributed by atoms with Crippen molar-refractivity contribution in [2.45, 2.75) is 19.9 Å². The minimum absolute atomic E-state index is 0.0944. The van der Waals surface area contributed by atoms with Crippen molar-refractivity contribution in [3.63, 3.8) is 0 Å². The van der Waals surface area contributed by atoms with Crippen LogP contribution in [0.15, 0.2) is 18.2 Å². The predicted molar refractivity (Wildman–Crippen MR) is 73.7 cm³/mol. The van der Waals surface area contributed by atoms with Crippen molar-refractivity contribution >= 4 is 17.6 Å². The van der Waals surface area contributed by atoms with Crippen LogP contribution in [0.5, 0.6) is 0 Å². The first-order chi connectivity index (χ1) is 9.36. The Morgan fingerprint density at radius 3 is 2.75 bits per heavy atom. The summed E-state index contributed by atoms with van der Waals surface area (Å²) in [4.78, 5) is 23.7. The lowest BCUT2D eigenvalue weighted by Crippen LogP contribution is -2.47. The van der Waals surface area contributed by atoms with E-state index in [0.29, 0.717) is 12.2 Å². The molecule has 20 heavy (non-hydrogen) atoms. The molecule has 1 aliphatic rings. The summed E-state index contributed by atoms with van der Waals surface area (Å²) in [6.45, 7) is 3.96. The number of nitrogens with two attached hydrogens (primary N) is 1. The van der Waals surface area contributed by atoms with E-state index in [2.05, 4.69) is 5.32 Å². The summed E-state index contributed by atoms with van der Waals surface area (Å²) in [7, 11) is 0. The highest BCUT2D eigenvalue weighted by molar-refractivity contribution is 6.03. The molecule has 0 bridgehead atoms. The molecule has 2 unspecified atom stereocenters. The molecule has 1 fully saturated rings. The zero-order valence-corrected chi connectivity index (χ0v) is 11.5. The monoisotopic (exact) mass is 278 g/mol. The second kappa shape index (κ2) is 5.22. The van der Waals surface area contributed by atoms with Crippen molar-refractivity contribution in [3.8, 4) is 0 Å². The van der Waals surface area contributed by atoms with Crippen LogP contribution in [0.1, 0.15) is 22.8 Å². The number of hydrogen-bond donors (Lipinski definition) is 3. The lowest BCUT2D eigenvalue weighted by atomic mass is 9.84. The summed E-state index contributed by atoms with van der Waals surface area (Å²) in [5, 5.41) is 11.9. The van der Waals surface area contributed by atoms with E-state index in [1.54, 1.807) is 32.0 Å². The third-order valence-electron chi connectivity index (χ3n) is 3.77. The summed E-state index contributed by atoms with van der Waals surface area (Å²) in [6, 6.07) is 4.55. The average Bonchev–Trinajstić information content (AvgIpc) is 2.70. The third kappa shape index (κ3) is 2.39. The second-order valence-electron chi connectivity index (χ2n) is 5.30. The zero-order chi connectivity index (χ0) is 14.9. The molecule has 2 rings (SSSR count). The van der Waals surface area contributed by atoms with Gasteiger partial charge in [0.05, 0.1) is 29.9 Å². The Hall–Kier alpha value is -1.92. The Kier molecular flexibility index (Phi) is 3.78. The lowest BCUT2D eigenvalue weighted by molar-refractivity contribution is -0.125. The normalized spacial score (nSPS) is 25.4. The molecule has 6 heteroatoms. The molecule has 4 N–H and O–H groups in total. The van der Waals surface area contributed by atoms with E-state index >= 15 is 0 Å². The molecule has 1 amide bonds. The van der Waals surface area contributed by atoms with Gasteiger partial charge < -0.3 is 20.9 Å². The SMILES string of the molecule is Cc1cccc(NC(=O)C2(C)COCC2N)c1C(=O)O. The Labute approximate surface area is 116 Å². The van der Waals surface area contributed by atoms with Crippen LogP contribution in [-0.4, -0.2) is 36.2 Å². The van der Waals surface area contributed by atoms with Gasteiger partial charge in [0, 0.05) is 6.04 Å². The summed E-state index contributed by atoms with van der Waals surface area (Å²) < 4.78 is 5.23. The van der Waals surface area contributed by atoms with Gasteiger partial charge in [-0.2, -0.15) is 0 Å². The quantitative estimate of drug-likeness (QED) is 0.765. The van der Waals surface area contributed by atoms with E-state index in [0.717, 1.165) is 0 Å². The van der Waals surface area contributed by atoms with Gasteiger partial charge in [0.15, 0.2) is 0 Å². The Morgan fingerprint density at radius 2 is 2.20 bits per heavy atom. The largest absolute Gasteiger partial charge is 0.478 e. The minimum atomic E-state index is -1.07. The molecule has 1 saturated heterocycles. The van der Waals surface area contributed by atoms with Crippen LogP contribution in [0, 0.1) is 12.3 Å². The third-order valence-corrected chi connectivity index (χ3v) is 3.77. The van der Waals surface area contributed by atoms with Crippen LogP contribution in [0.3, 0.4) is 0 Å². The number of carbonyl (C=O) groups is 2. The molecule has 2 atom stereocenters. The number of amides is 1. The minimum Gasteiger partial charge on any atom is -0.478 e. The van der Waals surface area contributed by atoms with E-state index < -0.39 is 17.4 Å². The van der Waals surface area contributed by atoms with Gasteiger partial charge in [0.2, 0.25) is 5.91 Å². The lowest BCUT2D eigenvalue weighted by Gasteiger charge is -2.26. The number of aromatic carboxylic acids is 1. The highest BCUT2D eigenvalue weighted by Crippen LogP contribution is 2.30. The number of nitrogens with one attached hydrogen (secondary N) is 1. The maximum Gasteiger partial charge on any atom is 0.338 e. The highest BCUT2D eigenvalue weighted by atomic mass is 16.5. The molecule has 0 spiro atoms. The van der Waals surface area contributed by atoms with Crippen LogP contribution in [0.25, 0.3) is 0 Å². The summed E-state index contributed by atoms with van der Waals surface area (Å²) in [6.07, 6.45) is 0. The van der Waals surface area contributed by atoms with Gasteiger partial charge in [-0.25, -0.2) is 4.79 Å². The molecule has 0 aromatic heterocycles. The smallest absolute Gasteiger partial charge is 0.338 e. The van der Waals surface area contributed by atoms with Crippen molar-refractivity contribution in [2.75, 3.05) is 18.5 Å². The molecule has 0 aliphatic carbocycles. The van der Waals surface area contributed by atoms with E-state index in [4.69, 9.17) is 10.5 Å². The van der Waals surface area contributed by atoms with Crippen molar-refractivity contribution in [3.05, 3.63) is 29.3 Å². The number of ether oxygens (including phenoxy) is 1. The number of carboxylic acids is 1. The first kappa shape index (κ1) is 14.5. The number of rotatable bonds is 3. The Bertz CT molecular complexity index is 558. The average molecular weight is 278 g/mol. The molecule has 0 saturated carbocycles. The van der Waals surface area contributed by atoms with Crippen LogP contribution in [-0.2, 0) is 9.53 Å². The summed E-state index contributed by atoms with van der Waals surface area (Å²) in [5.74, 6) is -1.40. The molecule has 6 nitrogen and oxygen atoms in total. The topological polar surface area (TPSA) is 102 Å². The van der Waals surface area contributed by atoms with Gasteiger partial charge in [-0.3, -0.25) is 4.79 Å². The van der Waals surface area contributed by atoms with Gasteiger partial charge in [0.25, 0.3) is 0 Å². The first-order valence-electron chi connectivity index (χ1n) is 6.34. The van der Waals surface area contributed by atoms with E-state index in [1.807, 2.05) is 0 Å². The van der Waals surface area contributed by atoms with Crippen LogP contribution in [0.2, 0.25) is 0 Å². The standard InChI is InChI=1S/C14H18N2O4/c1-8-4-3-5-9(11(8)12(17)18)16-13(19)14(2)7-20-6-10(14)15/h3-5,10H,6-7,15H2,1-2H3,(H,16,19)(H,17,18). The second-order valence-corrected chi connectivity index (χ2v) is 5.30. The van der Waals surface area contributed by atoms with Crippen molar-refractivity contribution in [2.24, 2.45) is 11.1 Å². The number of carbonyl (C=O) groups excluding carboxylic acids is 1. The summed E-state index contributed by atoms with van der Waals surface area (Å²) in [5.41, 5.74) is 6.01. The van der Waals surface area contributed by atoms with Crippen LogP contribution in [0.4, 0.5) is 5.69 Å². The first-order valence-corrected chi connectivity index (χ1v) is 6.34. The molecule has 1 heterocycles. The van der Waals surface area contributed by atoms with E-state index in [1.165, 1.54) is 0 Å². The van der Waals surface area contributed by atoms with Gasteiger partial charge >= 0.3 is 5.97 Å². The fraction of sp³-hybridized carbons (Fsp3) is 0.429. The zero-order valence-electron chi connectivity index (χ0n) is 11.5. The van der Waals surface area contributed by atoms with Gasteiger partial charge in [0.1, 0.15) is 0 Å². The van der Waals surface area contributed by atoms with Crippen molar-refractivity contribution in [1.82, 2.24) is 0 Å².